The average Bonchev–Trinajstić information content (AvgIpc) is 3.07. The molecule has 0 saturated carbocycles. The number of nitrogens with zero attached hydrogens (tertiary/aromatic N) is 1. The van der Waals surface area contributed by atoms with Gasteiger partial charge in [-0.2, -0.15) is 0 Å². The van der Waals surface area contributed by atoms with Gasteiger partial charge >= 0.3 is 19.1 Å². The van der Waals surface area contributed by atoms with Gasteiger partial charge in [0.1, 0.15) is 11.8 Å². The van der Waals surface area contributed by atoms with E-state index in [1.165, 1.54) is 17.5 Å². The molecule has 0 bridgehead atoms. The molecule has 11 nitrogen and oxygen atoms in total. The van der Waals surface area contributed by atoms with Crippen LogP contribution >= 0.6 is 11.3 Å². The number of nitrogen functional groups attached to an aromatic ring is 1. The molecule has 13 heteroatoms. The number of carboxylic acids is 2. The molecule has 2 aromatic rings. The van der Waals surface area contributed by atoms with Gasteiger partial charge in [0.2, 0.25) is 5.91 Å². The maximum atomic E-state index is 12.8. The van der Waals surface area contributed by atoms with E-state index in [1.807, 2.05) is 0 Å². The molecule has 1 unspecified atom stereocenters. The lowest BCUT2D eigenvalue weighted by atomic mass is 9.72. The second-order valence-electron chi connectivity index (χ2n) is 6.24. The summed E-state index contributed by atoms with van der Waals surface area (Å²) in [5, 5.41) is 35.3. The number of aromatic nitrogens is 1. The standard InChI is InChI=1S/C16H17BN4O7S/c18-16-20-9(6-29-16)12(19-5-11(22)23)14(24)21-10-4-7-2-1-3-8(15(25)26)13(7)28-17(10)27/h1-3,6,10,12,19,27H,4-5H2,(H2,18,20)(H,21,24)(H,22,23)(H,25,26)/t10-,12?/m0/s1. The molecule has 0 aliphatic carbocycles. The summed E-state index contributed by atoms with van der Waals surface area (Å²) in [5.74, 6) is -3.84. The van der Waals surface area contributed by atoms with Gasteiger partial charge < -0.3 is 30.9 Å². The van der Waals surface area contributed by atoms with Crippen LogP contribution in [0.4, 0.5) is 5.13 Å². The van der Waals surface area contributed by atoms with Crippen molar-refractivity contribution in [3.05, 3.63) is 40.4 Å². The predicted octanol–water partition coefficient (Wildman–Crippen LogP) is -0.722. The summed E-state index contributed by atoms with van der Waals surface area (Å²) in [6, 6.07) is 3.41. The number of aromatic carboxylic acids is 1. The minimum absolute atomic E-state index is 0.0471. The van der Waals surface area contributed by atoms with Crippen molar-refractivity contribution < 1.29 is 34.3 Å². The Morgan fingerprint density at radius 2 is 2.14 bits per heavy atom. The summed E-state index contributed by atoms with van der Waals surface area (Å²) in [7, 11) is -1.49. The Labute approximate surface area is 168 Å². The van der Waals surface area contributed by atoms with E-state index in [1.54, 1.807) is 6.07 Å². The molecule has 0 saturated heterocycles. The van der Waals surface area contributed by atoms with Crippen LogP contribution in [0.1, 0.15) is 27.7 Å². The molecule has 2 heterocycles. The Kier molecular flexibility index (Phi) is 6.01. The quantitative estimate of drug-likeness (QED) is 0.312. The highest BCUT2D eigenvalue weighted by molar-refractivity contribution is 7.13. The average molecular weight is 420 g/mol. The minimum Gasteiger partial charge on any atom is -0.534 e. The summed E-state index contributed by atoms with van der Waals surface area (Å²) in [5.41, 5.74) is 6.25. The number of fused-ring (bicyclic) bond motifs is 1. The number of anilines is 1. The van der Waals surface area contributed by atoms with Gasteiger partial charge in [0.15, 0.2) is 5.13 Å². The number of para-hydroxylation sites is 1. The van der Waals surface area contributed by atoms with Crippen LogP contribution in [0.3, 0.4) is 0 Å². The molecule has 1 aliphatic rings. The highest BCUT2D eigenvalue weighted by Crippen LogP contribution is 2.30. The molecule has 1 aliphatic heterocycles. The van der Waals surface area contributed by atoms with Crippen molar-refractivity contribution in [3.63, 3.8) is 0 Å². The van der Waals surface area contributed by atoms with E-state index >= 15 is 0 Å². The Morgan fingerprint density at radius 3 is 2.76 bits per heavy atom. The Bertz CT molecular complexity index is 953. The fourth-order valence-electron chi connectivity index (χ4n) is 2.94. The summed E-state index contributed by atoms with van der Waals surface area (Å²) in [6.07, 6.45) is 0.119. The van der Waals surface area contributed by atoms with E-state index in [2.05, 4.69) is 15.6 Å². The van der Waals surface area contributed by atoms with E-state index < -0.39 is 43.5 Å². The fourth-order valence-corrected chi connectivity index (χ4v) is 3.52. The SMILES string of the molecule is Nc1nc(C(NCC(=O)O)C(=O)N[C@H]2Cc3cccc(C(=O)O)c3OB2O)cs1. The highest BCUT2D eigenvalue weighted by atomic mass is 32.1. The first-order chi connectivity index (χ1) is 13.8. The molecule has 7 N–H and O–H groups in total. The normalized spacial score (nSPS) is 16.4. The van der Waals surface area contributed by atoms with Gasteiger partial charge in [-0.3, -0.25) is 14.9 Å². The van der Waals surface area contributed by atoms with E-state index in [9.17, 15) is 24.5 Å². The number of carbonyl (C=O) groups excluding carboxylic acids is 1. The molecule has 1 aromatic heterocycles. The number of carbonyl (C=O) groups is 3. The van der Waals surface area contributed by atoms with Gasteiger partial charge in [0.05, 0.1) is 23.7 Å². The van der Waals surface area contributed by atoms with Crippen molar-refractivity contribution in [2.45, 2.75) is 18.4 Å². The van der Waals surface area contributed by atoms with Crippen molar-refractivity contribution in [2.24, 2.45) is 0 Å². The Morgan fingerprint density at radius 1 is 1.38 bits per heavy atom. The van der Waals surface area contributed by atoms with Gasteiger partial charge in [0, 0.05) is 5.38 Å². The van der Waals surface area contributed by atoms with E-state index in [4.69, 9.17) is 15.5 Å². The number of benzene rings is 1. The van der Waals surface area contributed by atoms with Crippen LogP contribution in [0.25, 0.3) is 0 Å². The molecule has 0 radical (unpaired) electrons. The third-order valence-electron chi connectivity index (χ3n) is 4.23. The van der Waals surface area contributed by atoms with E-state index in [0.29, 0.717) is 5.56 Å². The predicted molar refractivity (Wildman–Crippen MR) is 103 cm³/mol. The van der Waals surface area contributed by atoms with Crippen LogP contribution in [-0.2, 0) is 16.0 Å². The van der Waals surface area contributed by atoms with E-state index in [0.717, 1.165) is 11.3 Å². The number of hydrogen-bond donors (Lipinski definition) is 6. The zero-order valence-electron chi connectivity index (χ0n) is 14.9. The van der Waals surface area contributed by atoms with Crippen molar-refractivity contribution in [3.8, 4) is 5.75 Å². The molecule has 1 aromatic carbocycles. The zero-order valence-corrected chi connectivity index (χ0v) is 15.7. The van der Waals surface area contributed by atoms with Gasteiger partial charge in [-0.1, -0.05) is 12.1 Å². The number of amides is 1. The first-order valence-corrected chi connectivity index (χ1v) is 9.30. The van der Waals surface area contributed by atoms with Gasteiger partial charge in [-0.05, 0) is 18.1 Å². The molecule has 0 fully saturated rings. The zero-order chi connectivity index (χ0) is 21.1. The van der Waals surface area contributed by atoms with Crippen molar-refractivity contribution in [1.82, 2.24) is 15.6 Å². The van der Waals surface area contributed by atoms with Crippen LogP contribution in [0.5, 0.6) is 5.75 Å². The minimum atomic E-state index is -1.49. The molecule has 152 valence electrons. The third kappa shape index (κ3) is 4.64. The second-order valence-corrected chi connectivity index (χ2v) is 7.13. The molecule has 0 spiro atoms. The third-order valence-corrected chi connectivity index (χ3v) is 4.92. The summed E-state index contributed by atoms with van der Waals surface area (Å²) in [6.45, 7) is -0.496. The molecule has 29 heavy (non-hydrogen) atoms. The van der Waals surface area contributed by atoms with Gasteiger partial charge in [-0.25, -0.2) is 9.78 Å². The second kappa shape index (κ2) is 8.47. The van der Waals surface area contributed by atoms with Crippen LogP contribution in [0.2, 0.25) is 0 Å². The van der Waals surface area contributed by atoms with Crippen LogP contribution in [-0.4, -0.2) is 57.7 Å². The monoisotopic (exact) mass is 420 g/mol. The first-order valence-electron chi connectivity index (χ1n) is 8.42. The molecule has 1 amide bonds. The Balaban J connectivity index is 1.78. The molecular weight excluding hydrogens is 403 g/mol. The number of rotatable bonds is 7. The summed E-state index contributed by atoms with van der Waals surface area (Å²) in [4.78, 5) is 39.0. The smallest absolute Gasteiger partial charge is 0.534 e. The van der Waals surface area contributed by atoms with Crippen LogP contribution < -0.4 is 21.0 Å². The highest BCUT2D eigenvalue weighted by Gasteiger charge is 2.39. The largest absolute Gasteiger partial charge is 0.547 e. The maximum absolute atomic E-state index is 12.8. The molecule has 2 atom stereocenters. The molecule has 3 rings (SSSR count). The summed E-state index contributed by atoms with van der Waals surface area (Å²) < 4.78 is 5.34. The lowest BCUT2D eigenvalue weighted by Gasteiger charge is -2.30. The number of thiazole rings is 1. The fraction of sp³-hybridized carbons (Fsp3) is 0.250. The number of nitrogens with two attached hydrogens (primary N) is 1. The van der Waals surface area contributed by atoms with Crippen LogP contribution in [0, 0.1) is 0 Å². The topological polar surface area (TPSA) is 184 Å². The maximum Gasteiger partial charge on any atom is 0.547 e. The number of nitrogens with one attached hydrogen (secondary N) is 2. The number of aliphatic carboxylic acids is 1. The van der Waals surface area contributed by atoms with Crippen molar-refractivity contribution in [1.29, 1.82) is 0 Å². The summed E-state index contributed by atoms with van der Waals surface area (Å²) >= 11 is 1.10. The van der Waals surface area contributed by atoms with Crippen LogP contribution in [0.15, 0.2) is 23.6 Å². The number of carboxylic acid groups (broad SMARTS) is 2. The van der Waals surface area contributed by atoms with Gasteiger partial charge in [0.25, 0.3) is 0 Å². The molecular formula is C16H17BN4O7S. The van der Waals surface area contributed by atoms with E-state index in [-0.39, 0.29) is 28.6 Å². The van der Waals surface area contributed by atoms with Crippen molar-refractivity contribution >= 4 is 41.4 Å². The lowest BCUT2D eigenvalue weighted by Crippen LogP contribution is -2.55. The van der Waals surface area contributed by atoms with Gasteiger partial charge in [-0.15, -0.1) is 11.3 Å². The lowest BCUT2D eigenvalue weighted by molar-refractivity contribution is -0.136. The Hall–Kier alpha value is -3.16. The number of hydrogen-bond acceptors (Lipinski definition) is 9. The first kappa shape index (κ1) is 20.6. The van der Waals surface area contributed by atoms with Crippen molar-refractivity contribution in [2.75, 3.05) is 12.3 Å².